The van der Waals surface area contributed by atoms with Gasteiger partial charge in [-0.25, -0.2) is 13.9 Å². The fourth-order valence-corrected chi connectivity index (χ4v) is 2.82. The van der Waals surface area contributed by atoms with Gasteiger partial charge in [0.25, 0.3) is 11.5 Å². The molecule has 7 nitrogen and oxygen atoms in total. The number of nitrogens with zero attached hydrogens (tertiary/aromatic N) is 2. The number of nitrogens with one attached hydrogen (secondary N) is 1. The molecular weight excluding hydrogens is 377 g/mol. The van der Waals surface area contributed by atoms with Crippen LogP contribution in [-0.4, -0.2) is 28.3 Å². The second-order valence-corrected chi connectivity index (χ2v) is 6.82. The van der Waals surface area contributed by atoms with Gasteiger partial charge in [-0.15, -0.1) is 0 Å². The van der Waals surface area contributed by atoms with Crippen LogP contribution < -0.4 is 10.9 Å². The second-order valence-electron chi connectivity index (χ2n) is 6.82. The Morgan fingerprint density at radius 2 is 1.86 bits per heavy atom. The summed E-state index contributed by atoms with van der Waals surface area (Å²) in [6, 6.07) is 10.3. The third kappa shape index (κ3) is 4.31. The molecule has 1 amide bonds. The topological polar surface area (TPSA) is 90.3 Å². The van der Waals surface area contributed by atoms with E-state index in [1.54, 1.807) is 45.0 Å². The number of aryl methyl sites for hydroxylation is 1. The van der Waals surface area contributed by atoms with E-state index in [9.17, 15) is 18.8 Å². The molecule has 1 N–H and O–H groups in total. The van der Waals surface area contributed by atoms with Crippen molar-refractivity contribution in [3.8, 4) is 0 Å². The van der Waals surface area contributed by atoms with Gasteiger partial charge in [0.05, 0.1) is 11.4 Å². The number of benzene rings is 2. The quantitative estimate of drug-likeness (QED) is 0.668. The summed E-state index contributed by atoms with van der Waals surface area (Å²) < 4.78 is 19.6. The molecule has 0 saturated heterocycles. The lowest BCUT2D eigenvalue weighted by Gasteiger charge is -2.13. The van der Waals surface area contributed by atoms with E-state index in [0.717, 1.165) is 0 Å². The molecule has 0 spiro atoms. The van der Waals surface area contributed by atoms with Crippen LogP contribution in [-0.2, 0) is 9.53 Å². The van der Waals surface area contributed by atoms with Gasteiger partial charge in [0.15, 0.2) is 12.3 Å². The summed E-state index contributed by atoms with van der Waals surface area (Å²) in [6.07, 6.45) is 0. The Hall–Kier alpha value is -3.55. The van der Waals surface area contributed by atoms with E-state index < -0.39 is 24.3 Å². The van der Waals surface area contributed by atoms with Gasteiger partial charge in [0.1, 0.15) is 5.82 Å². The predicted octanol–water partition coefficient (Wildman–Crippen LogP) is 3.22. The number of hydrogen-bond donors (Lipinski definition) is 1. The fraction of sp³-hybridized carbons (Fsp3) is 0.238. The lowest BCUT2D eigenvalue weighted by atomic mass is 10.1. The molecule has 0 aliphatic heterocycles. The zero-order valence-electron chi connectivity index (χ0n) is 16.2. The van der Waals surface area contributed by atoms with Crippen LogP contribution in [0.2, 0.25) is 0 Å². The Kier molecular flexibility index (Phi) is 5.72. The van der Waals surface area contributed by atoms with Crippen LogP contribution in [0.15, 0.2) is 47.3 Å². The first-order chi connectivity index (χ1) is 13.8. The highest BCUT2D eigenvalue weighted by molar-refractivity contribution is 6.03. The Morgan fingerprint density at radius 3 is 2.55 bits per heavy atom. The molecule has 0 radical (unpaired) electrons. The molecule has 0 unspecified atom stereocenters. The number of aromatic nitrogens is 2. The van der Waals surface area contributed by atoms with Crippen LogP contribution in [0.5, 0.6) is 0 Å². The van der Waals surface area contributed by atoms with Gasteiger partial charge >= 0.3 is 5.97 Å². The van der Waals surface area contributed by atoms with Crippen molar-refractivity contribution in [3.63, 3.8) is 0 Å². The number of anilines is 1. The minimum absolute atomic E-state index is 0.0522. The summed E-state index contributed by atoms with van der Waals surface area (Å²) in [5.41, 5.74) is 0.598. The molecule has 150 valence electrons. The molecule has 8 heteroatoms. The summed E-state index contributed by atoms with van der Waals surface area (Å²) in [5, 5.41) is 7.32. The average molecular weight is 397 g/mol. The number of carbonyl (C=O) groups is 2. The highest BCUT2D eigenvalue weighted by Crippen LogP contribution is 2.17. The summed E-state index contributed by atoms with van der Waals surface area (Å²) in [7, 11) is 0. The number of hydrogen-bond acceptors (Lipinski definition) is 5. The molecule has 29 heavy (non-hydrogen) atoms. The summed E-state index contributed by atoms with van der Waals surface area (Å²) in [4.78, 5) is 37.2. The number of rotatable bonds is 5. The van der Waals surface area contributed by atoms with Crippen LogP contribution in [0, 0.1) is 12.7 Å². The SMILES string of the molecule is Cc1ccc(F)cc1NC(=O)COC(=O)c1nn(C(C)C)c(=O)c2ccccc12. The minimum Gasteiger partial charge on any atom is -0.451 e. The maximum Gasteiger partial charge on any atom is 0.359 e. The van der Waals surface area contributed by atoms with Crippen molar-refractivity contribution in [2.45, 2.75) is 26.8 Å². The molecule has 0 fully saturated rings. The van der Waals surface area contributed by atoms with Crippen molar-refractivity contribution in [2.24, 2.45) is 0 Å². The molecule has 0 bridgehead atoms. The smallest absolute Gasteiger partial charge is 0.359 e. The average Bonchev–Trinajstić information content (AvgIpc) is 2.69. The third-order valence-electron chi connectivity index (χ3n) is 4.32. The molecular formula is C21H20FN3O4. The zero-order chi connectivity index (χ0) is 21.1. The second kappa shape index (κ2) is 8.22. The first-order valence-electron chi connectivity index (χ1n) is 9.02. The normalized spacial score (nSPS) is 10.9. The largest absolute Gasteiger partial charge is 0.451 e. The number of fused-ring (bicyclic) bond motifs is 1. The minimum atomic E-state index is -0.832. The van der Waals surface area contributed by atoms with Crippen LogP contribution >= 0.6 is 0 Å². The van der Waals surface area contributed by atoms with E-state index >= 15 is 0 Å². The van der Waals surface area contributed by atoms with Crippen LogP contribution in [0.3, 0.4) is 0 Å². The number of carbonyl (C=O) groups excluding carboxylic acids is 2. The molecule has 0 aliphatic rings. The fourth-order valence-electron chi connectivity index (χ4n) is 2.82. The number of ether oxygens (including phenoxy) is 1. The predicted molar refractivity (Wildman–Crippen MR) is 106 cm³/mol. The maximum atomic E-state index is 13.3. The molecule has 3 aromatic rings. The van der Waals surface area contributed by atoms with Gasteiger partial charge in [-0.1, -0.05) is 24.3 Å². The number of halogens is 1. The summed E-state index contributed by atoms with van der Waals surface area (Å²) >= 11 is 0. The van der Waals surface area contributed by atoms with E-state index in [4.69, 9.17) is 4.74 Å². The van der Waals surface area contributed by atoms with Gasteiger partial charge in [-0.2, -0.15) is 5.10 Å². The third-order valence-corrected chi connectivity index (χ3v) is 4.32. The van der Waals surface area contributed by atoms with Crippen LogP contribution in [0.4, 0.5) is 10.1 Å². The van der Waals surface area contributed by atoms with E-state index in [2.05, 4.69) is 10.4 Å². The van der Waals surface area contributed by atoms with E-state index in [1.807, 2.05) is 0 Å². The first-order valence-corrected chi connectivity index (χ1v) is 9.02. The molecule has 0 aliphatic carbocycles. The summed E-state index contributed by atoms with van der Waals surface area (Å²) in [5.74, 6) is -1.94. The van der Waals surface area contributed by atoms with Crippen molar-refractivity contribution in [2.75, 3.05) is 11.9 Å². The van der Waals surface area contributed by atoms with Gasteiger partial charge < -0.3 is 10.1 Å². The van der Waals surface area contributed by atoms with Gasteiger partial charge in [0, 0.05) is 11.1 Å². The zero-order valence-corrected chi connectivity index (χ0v) is 16.2. The van der Waals surface area contributed by atoms with Crippen LogP contribution in [0.25, 0.3) is 10.8 Å². The maximum absolute atomic E-state index is 13.3. The monoisotopic (exact) mass is 397 g/mol. The van der Waals surface area contributed by atoms with Gasteiger partial charge in [-0.3, -0.25) is 9.59 Å². The lowest BCUT2D eigenvalue weighted by molar-refractivity contribution is -0.119. The lowest BCUT2D eigenvalue weighted by Crippen LogP contribution is -2.29. The highest BCUT2D eigenvalue weighted by Gasteiger charge is 2.20. The number of amides is 1. The van der Waals surface area contributed by atoms with Crippen molar-refractivity contribution < 1.29 is 18.7 Å². The molecule has 2 aromatic carbocycles. The van der Waals surface area contributed by atoms with Gasteiger partial charge in [-0.05, 0) is 44.5 Å². The Labute approximate surface area is 166 Å². The molecule has 0 saturated carbocycles. The standard InChI is InChI=1S/C21H20FN3O4/c1-12(2)25-20(27)16-7-5-4-6-15(16)19(24-25)21(28)29-11-18(26)23-17-10-14(22)9-8-13(17)3/h4-10,12H,11H2,1-3H3,(H,23,26). The van der Waals surface area contributed by atoms with Crippen molar-refractivity contribution in [3.05, 3.63) is 69.9 Å². The molecule has 0 atom stereocenters. The molecule has 1 heterocycles. The van der Waals surface area contributed by atoms with E-state index in [0.29, 0.717) is 22.0 Å². The Balaban J connectivity index is 1.81. The Morgan fingerprint density at radius 1 is 1.17 bits per heavy atom. The van der Waals surface area contributed by atoms with E-state index in [-0.39, 0.29) is 17.3 Å². The Bertz CT molecular complexity index is 1150. The summed E-state index contributed by atoms with van der Waals surface area (Å²) in [6.45, 7) is 4.68. The van der Waals surface area contributed by atoms with Crippen molar-refractivity contribution in [1.29, 1.82) is 0 Å². The highest BCUT2D eigenvalue weighted by atomic mass is 19.1. The molecule has 3 rings (SSSR count). The van der Waals surface area contributed by atoms with Crippen LogP contribution in [0.1, 0.15) is 35.9 Å². The van der Waals surface area contributed by atoms with Crippen molar-refractivity contribution >= 4 is 28.3 Å². The molecule has 1 aromatic heterocycles. The van der Waals surface area contributed by atoms with Gasteiger partial charge in [0.2, 0.25) is 0 Å². The first kappa shape index (κ1) is 20.2. The number of esters is 1. The van der Waals surface area contributed by atoms with Crippen molar-refractivity contribution in [1.82, 2.24) is 9.78 Å². The van der Waals surface area contributed by atoms with E-state index in [1.165, 1.54) is 22.9 Å².